The van der Waals surface area contributed by atoms with Crippen molar-refractivity contribution in [2.45, 2.75) is 18.6 Å². The van der Waals surface area contributed by atoms with Gasteiger partial charge in [-0.25, -0.2) is 0 Å². The van der Waals surface area contributed by atoms with Crippen LogP contribution in [0.4, 0.5) is 0 Å². The molecule has 2 atom stereocenters. The molecule has 0 aliphatic heterocycles. The number of carbonyl (C=O) groups is 2. The molecule has 4 N–H and O–H groups in total. The first-order valence-corrected chi connectivity index (χ1v) is 9.43. The molecule has 152 valence electrons. The number of aliphatic hydroxyl groups excluding tert-OH is 1. The van der Waals surface area contributed by atoms with Crippen molar-refractivity contribution in [3.8, 4) is 0 Å². The first-order chi connectivity index (χ1) is 14.0. The van der Waals surface area contributed by atoms with Crippen LogP contribution < -0.4 is 10.6 Å². The minimum Gasteiger partial charge on any atom is -0.381 e. The maximum absolute atomic E-state index is 12.8. The minimum atomic E-state index is -1.45. The van der Waals surface area contributed by atoms with Crippen LogP contribution in [0.2, 0.25) is 5.02 Å². The molecule has 0 saturated heterocycles. The zero-order valence-corrected chi connectivity index (χ0v) is 16.6. The second-order valence-electron chi connectivity index (χ2n) is 6.60. The van der Waals surface area contributed by atoms with Gasteiger partial charge in [-0.05, 0) is 36.2 Å². The molecule has 3 aromatic rings. The number of H-pyrrole nitrogens is 1. The molecule has 0 spiro atoms. The monoisotopic (exact) mass is 415 g/mol. The van der Waals surface area contributed by atoms with Gasteiger partial charge in [0.1, 0.15) is 12.4 Å². The number of amides is 2. The zero-order chi connectivity index (χ0) is 20.8. The molecule has 1 aromatic heterocycles. The van der Waals surface area contributed by atoms with Crippen LogP contribution in [-0.2, 0) is 16.0 Å². The van der Waals surface area contributed by atoms with Crippen LogP contribution in [0.15, 0.2) is 54.6 Å². The van der Waals surface area contributed by atoms with Gasteiger partial charge in [-0.3, -0.25) is 9.59 Å². The Kier molecular flexibility index (Phi) is 6.87. The van der Waals surface area contributed by atoms with Gasteiger partial charge in [0.15, 0.2) is 6.10 Å². The summed E-state index contributed by atoms with van der Waals surface area (Å²) in [5, 5.41) is 17.1. The summed E-state index contributed by atoms with van der Waals surface area (Å²) < 4.78 is 4.81. The molecule has 0 aliphatic rings. The van der Waals surface area contributed by atoms with E-state index in [0.717, 1.165) is 16.5 Å². The maximum atomic E-state index is 12.8. The van der Waals surface area contributed by atoms with Crippen molar-refractivity contribution in [2.75, 3.05) is 13.8 Å². The minimum absolute atomic E-state index is 0.0370. The molecule has 0 fully saturated rings. The summed E-state index contributed by atoms with van der Waals surface area (Å²) >= 11 is 6.00. The Morgan fingerprint density at radius 1 is 1.17 bits per heavy atom. The molecule has 0 radical (unpaired) electrons. The Bertz CT molecular complexity index is 990. The summed E-state index contributed by atoms with van der Waals surface area (Å²) in [6, 6.07) is 15.4. The van der Waals surface area contributed by atoms with E-state index in [1.807, 2.05) is 30.3 Å². The van der Waals surface area contributed by atoms with Crippen molar-refractivity contribution in [1.29, 1.82) is 0 Å². The third-order valence-electron chi connectivity index (χ3n) is 4.48. The van der Waals surface area contributed by atoms with Gasteiger partial charge >= 0.3 is 0 Å². The molecular weight excluding hydrogens is 394 g/mol. The van der Waals surface area contributed by atoms with Crippen molar-refractivity contribution in [1.82, 2.24) is 15.6 Å². The Morgan fingerprint density at radius 3 is 2.66 bits per heavy atom. The topological polar surface area (TPSA) is 103 Å². The fraction of sp³-hybridized carbons (Fsp3) is 0.238. The number of rotatable bonds is 8. The summed E-state index contributed by atoms with van der Waals surface area (Å²) in [5.41, 5.74) is 1.95. The van der Waals surface area contributed by atoms with E-state index < -0.39 is 24.0 Å². The number of aromatic amines is 1. The third-order valence-corrected chi connectivity index (χ3v) is 4.72. The number of nitrogens with one attached hydrogen (secondary N) is 3. The summed E-state index contributed by atoms with van der Waals surface area (Å²) in [6.07, 6.45) is -1.17. The largest absolute Gasteiger partial charge is 0.381 e. The van der Waals surface area contributed by atoms with Gasteiger partial charge in [-0.2, -0.15) is 0 Å². The van der Waals surface area contributed by atoms with Crippen LogP contribution in [0, 0.1) is 0 Å². The van der Waals surface area contributed by atoms with Gasteiger partial charge in [0, 0.05) is 23.0 Å². The summed E-state index contributed by atoms with van der Waals surface area (Å²) in [5.74, 6) is -1.06. The average molecular weight is 416 g/mol. The third kappa shape index (κ3) is 5.35. The Morgan fingerprint density at radius 2 is 1.93 bits per heavy atom. The van der Waals surface area contributed by atoms with E-state index in [-0.39, 0.29) is 13.2 Å². The van der Waals surface area contributed by atoms with Gasteiger partial charge in [-0.15, -0.1) is 0 Å². The fourth-order valence-corrected chi connectivity index (χ4v) is 3.19. The van der Waals surface area contributed by atoms with Crippen molar-refractivity contribution in [3.63, 3.8) is 0 Å². The number of methoxy groups -OCH3 is 1. The average Bonchev–Trinajstić information content (AvgIpc) is 3.15. The molecule has 8 heteroatoms. The van der Waals surface area contributed by atoms with E-state index in [9.17, 15) is 14.7 Å². The lowest BCUT2D eigenvalue weighted by atomic mass is 10.0. The number of fused-ring (bicyclic) bond motifs is 1. The number of benzene rings is 2. The van der Waals surface area contributed by atoms with Crippen LogP contribution in [-0.4, -0.2) is 47.9 Å². The number of aliphatic hydroxyl groups is 1. The maximum Gasteiger partial charge on any atom is 0.268 e. The van der Waals surface area contributed by atoms with Crippen molar-refractivity contribution >= 4 is 34.3 Å². The number of hydrogen-bond donors (Lipinski definition) is 4. The SMILES string of the molecule is COCNC(=O)[C@@H](O)[C@H](Cc1ccccc1)NC(=O)c1cc2cc(Cl)ccc2[nH]1. The normalized spacial score (nSPS) is 13.1. The summed E-state index contributed by atoms with van der Waals surface area (Å²) in [7, 11) is 1.43. The quantitative estimate of drug-likeness (QED) is 0.423. The van der Waals surface area contributed by atoms with Crippen molar-refractivity contribution < 1.29 is 19.4 Å². The molecule has 29 heavy (non-hydrogen) atoms. The molecule has 7 nitrogen and oxygen atoms in total. The van der Waals surface area contributed by atoms with Gasteiger partial charge in [0.25, 0.3) is 11.8 Å². The molecular formula is C21H22ClN3O4. The lowest BCUT2D eigenvalue weighted by Gasteiger charge is -2.23. The Hall–Kier alpha value is -2.87. The molecule has 0 bridgehead atoms. The van der Waals surface area contributed by atoms with Crippen molar-refractivity contribution in [3.05, 3.63) is 70.9 Å². The number of aromatic nitrogens is 1. The molecule has 0 aliphatic carbocycles. The van der Waals surface area contributed by atoms with E-state index in [0.29, 0.717) is 10.7 Å². The smallest absolute Gasteiger partial charge is 0.268 e. The first kappa shape index (κ1) is 20.9. The number of hydrogen-bond acceptors (Lipinski definition) is 4. The van der Waals surface area contributed by atoms with Crippen LogP contribution in [0.25, 0.3) is 10.9 Å². The van der Waals surface area contributed by atoms with Crippen molar-refractivity contribution in [2.24, 2.45) is 0 Å². The van der Waals surface area contributed by atoms with Crippen LogP contribution >= 0.6 is 11.6 Å². The zero-order valence-electron chi connectivity index (χ0n) is 15.8. The first-order valence-electron chi connectivity index (χ1n) is 9.05. The van der Waals surface area contributed by atoms with E-state index in [1.54, 1.807) is 24.3 Å². The molecule has 0 saturated carbocycles. The lowest BCUT2D eigenvalue weighted by Crippen LogP contribution is -2.52. The Balaban J connectivity index is 1.80. The van der Waals surface area contributed by atoms with Gasteiger partial charge in [0.2, 0.25) is 0 Å². The van der Waals surface area contributed by atoms with Crippen LogP contribution in [0.1, 0.15) is 16.1 Å². The molecule has 2 amide bonds. The highest BCUT2D eigenvalue weighted by atomic mass is 35.5. The fourth-order valence-electron chi connectivity index (χ4n) is 3.01. The van der Waals surface area contributed by atoms with E-state index in [4.69, 9.17) is 16.3 Å². The highest BCUT2D eigenvalue weighted by Crippen LogP contribution is 2.20. The predicted octanol–water partition coefficient (Wildman–Crippen LogP) is 2.24. The number of carbonyl (C=O) groups excluding carboxylic acids is 2. The molecule has 0 unspecified atom stereocenters. The van der Waals surface area contributed by atoms with Crippen LogP contribution in [0.5, 0.6) is 0 Å². The molecule has 2 aromatic carbocycles. The Labute approximate surface area is 173 Å². The van der Waals surface area contributed by atoms with Gasteiger partial charge in [-0.1, -0.05) is 41.9 Å². The summed E-state index contributed by atoms with van der Waals surface area (Å²) in [4.78, 5) is 28.0. The number of ether oxygens (including phenoxy) is 1. The van der Waals surface area contributed by atoms with E-state index in [1.165, 1.54) is 7.11 Å². The highest BCUT2D eigenvalue weighted by molar-refractivity contribution is 6.31. The van der Waals surface area contributed by atoms with E-state index in [2.05, 4.69) is 15.6 Å². The van der Waals surface area contributed by atoms with E-state index >= 15 is 0 Å². The number of halogens is 1. The van der Waals surface area contributed by atoms with Crippen LogP contribution in [0.3, 0.4) is 0 Å². The summed E-state index contributed by atoms with van der Waals surface area (Å²) in [6.45, 7) is -0.0370. The highest BCUT2D eigenvalue weighted by Gasteiger charge is 2.28. The predicted molar refractivity (Wildman–Crippen MR) is 111 cm³/mol. The standard InChI is InChI=1S/C21H22ClN3O4/c1-29-12-23-21(28)19(26)17(9-13-5-3-2-4-6-13)25-20(27)18-11-14-10-15(22)7-8-16(14)24-18/h2-8,10-11,17,19,24,26H,9,12H2,1H3,(H,23,28)(H,25,27)/t17-,19-/m0/s1. The van der Waals surface area contributed by atoms with Gasteiger partial charge < -0.3 is 25.5 Å². The lowest BCUT2D eigenvalue weighted by molar-refractivity contribution is -0.132. The second-order valence-corrected chi connectivity index (χ2v) is 7.04. The molecule has 3 rings (SSSR count). The van der Waals surface area contributed by atoms with Gasteiger partial charge in [0.05, 0.1) is 6.04 Å². The second kappa shape index (κ2) is 9.56. The molecule has 1 heterocycles.